The Morgan fingerprint density at radius 2 is 1.38 bits per heavy atom. The van der Waals surface area contributed by atoms with Crippen LogP contribution >= 0.6 is 0 Å². The number of aromatic nitrogens is 1. The molecule has 2 amide bonds. The fourth-order valence-corrected chi connectivity index (χ4v) is 5.41. The highest BCUT2D eigenvalue weighted by atomic mass is 16.3. The third-order valence-electron chi connectivity index (χ3n) is 7.20. The summed E-state index contributed by atoms with van der Waals surface area (Å²) in [7, 11) is 0. The number of hydrogen-bond donors (Lipinski definition) is 3. The minimum atomic E-state index is -1.66. The van der Waals surface area contributed by atoms with Crippen LogP contribution in [0.15, 0.2) is 60.9 Å². The van der Waals surface area contributed by atoms with Gasteiger partial charge in [-0.2, -0.15) is 0 Å². The molecule has 1 aliphatic carbocycles. The number of nitrogens with one attached hydrogen (secondary N) is 2. The van der Waals surface area contributed by atoms with Crippen molar-refractivity contribution in [3.05, 3.63) is 88.7 Å². The third-order valence-corrected chi connectivity index (χ3v) is 7.20. The summed E-state index contributed by atoms with van der Waals surface area (Å²) in [5, 5.41) is 17.3. The monoisotopic (exact) mass is 499 g/mol. The SMILES string of the molecule is Cc1ccc(NC(=O)[C@@H]2C(=O)C[C@](C)(O)[C@@H](C(=O)Nc3ccc(C)cc3C)[C@@H]2c2ccncc2)c(C)c1. The Morgan fingerprint density at radius 3 is 1.89 bits per heavy atom. The van der Waals surface area contributed by atoms with E-state index in [9.17, 15) is 19.5 Å². The van der Waals surface area contributed by atoms with Crippen molar-refractivity contribution in [3.63, 3.8) is 0 Å². The van der Waals surface area contributed by atoms with Crippen molar-refractivity contribution in [1.82, 2.24) is 4.98 Å². The van der Waals surface area contributed by atoms with E-state index in [1.54, 1.807) is 30.6 Å². The van der Waals surface area contributed by atoms with Crippen molar-refractivity contribution in [2.24, 2.45) is 11.8 Å². The highest BCUT2D eigenvalue weighted by Crippen LogP contribution is 2.46. The number of carbonyl (C=O) groups is 3. The Kier molecular flexibility index (Phi) is 7.28. The molecule has 3 N–H and O–H groups in total. The van der Waals surface area contributed by atoms with Crippen molar-refractivity contribution >= 4 is 29.0 Å². The molecule has 7 heteroatoms. The largest absolute Gasteiger partial charge is 0.389 e. The lowest BCUT2D eigenvalue weighted by atomic mass is 9.61. The summed E-state index contributed by atoms with van der Waals surface area (Å²) in [6, 6.07) is 14.7. The number of amides is 2. The van der Waals surface area contributed by atoms with Gasteiger partial charge in [0.15, 0.2) is 0 Å². The minimum absolute atomic E-state index is 0.315. The first kappa shape index (κ1) is 26.2. The van der Waals surface area contributed by atoms with E-state index >= 15 is 0 Å². The van der Waals surface area contributed by atoms with Gasteiger partial charge in [-0.3, -0.25) is 19.4 Å². The van der Waals surface area contributed by atoms with Crippen molar-refractivity contribution in [1.29, 1.82) is 0 Å². The first-order valence-corrected chi connectivity index (χ1v) is 12.4. The molecule has 0 aliphatic heterocycles. The Balaban J connectivity index is 1.75. The summed E-state index contributed by atoms with van der Waals surface area (Å²) < 4.78 is 0. The summed E-state index contributed by atoms with van der Waals surface area (Å²) >= 11 is 0. The minimum Gasteiger partial charge on any atom is -0.389 e. The van der Waals surface area contributed by atoms with E-state index in [-0.39, 0.29) is 6.42 Å². The maximum atomic E-state index is 13.8. The van der Waals surface area contributed by atoms with E-state index in [0.717, 1.165) is 22.3 Å². The summed E-state index contributed by atoms with van der Waals surface area (Å²) in [5.74, 6) is -4.49. The molecule has 4 atom stereocenters. The van der Waals surface area contributed by atoms with Gasteiger partial charge >= 0.3 is 0 Å². The van der Waals surface area contributed by atoms with E-state index in [4.69, 9.17) is 0 Å². The van der Waals surface area contributed by atoms with Crippen LogP contribution in [0.4, 0.5) is 11.4 Å². The van der Waals surface area contributed by atoms with Crippen LogP contribution in [0.25, 0.3) is 0 Å². The highest BCUT2D eigenvalue weighted by molar-refractivity contribution is 6.10. The van der Waals surface area contributed by atoms with E-state index < -0.39 is 41.0 Å². The molecule has 3 aromatic rings. The first-order chi connectivity index (χ1) is 17.5. The zero-order valence-corrected chi connectivity index (χ0v) is 21.8. The molecule has 1 aromatic heterocycles. The average molecular weight is 500 g/mol. The van der Waals surface area contributed by atoms with Gasteiger partial charge in [-0.15, -0.1) is 0 Å². The van der Waals surface area contributed by atoms with E-state index in [0.29, 0.717) is 16.9 Å². The standard InChI is InChI=1S/C30H33N3O4/c1-17-6-8-22(19(3)14-17)32-28(35)26-24(34)16-30(5,37)27(25(26)21-10-12-31-13-11-21)29(36)33-23-9-7-18(2)15-20(23)4/h6-15,25-27,37H,16H2,1-5H3,(H,32,35)(H,33,36)/t25-,26-,27-,30+/m1/s1. The average Bonchev–Trinajstić information content (AvgIpc) is 2.82. The molecule has 2 aromatic carbocycles. The molecule has 1 saturated carbocycles. The molecular formula is C30H33N3O4. The van der Waals surface area contributed by atoms with E-state index in [2.05, 4.69) is 15.6 Å². The Bertz CT molecular complexity index is 1350. The van der Waals surface area contributed by atoms with Crippen LogP contribution in [-0.4, -0.2) is 33.3 Å². The maximum absolute atomic E-state index is 13.8. The number of benzene rings is 2. The number of aliphatic hydroxyl groups is 1. The molecule has 1 aliphatic rings. The van der Waals surface area contributed by atoms with Crippen LogP contribution in [0, 0.1) is 39.5 Å². The van der Waals surface area contributed by atoms with Gasteiger partial charge in [0.25, 0.3) is 0 Å². The van der Waals surface area contributed by atoms with Gasteiger partial charge < -0.3 is 15.7 Å². The number of pyridine rings is 1. The summed E-state index contributed by atoms with van der Waals surface area (Å²) in [6.45, 7) is 9.20. The fourth-order valence-electron chi connectivity index (χ4n) is 5.41. The van der Waals surface area contributed by atoms with Crippen LogP contribution in [0.2, 0.25) is 0 Å². The molecule has 1 heterocycles. The molecule has 0 unspecified atom stereocenters. The van der Waals surface area contributed by atoms with E-state index in [1.165, 1.54) is 6.92 Å². The van der Waals surface area contributed by atoms with Gasteiger partial charge in [-0.1, -0.05) is 35.4 Å². The number of ketones is 1. The second-order valence-electron chi connectivity index (χ2n) is 10.4. The predicted octanol–water partition coefficient (Wildman–Crippen LogP) is 4.63. The molecule has 192 valence electrons. The molecule has 7 nitrogen and oxygen atoms in total. The first-order valence-electron chi connectivity index (χ1n) is 12.4. The maximum Gasteiger partial charge on any atom is 0.235 e. The number of anilines is 2. The lowest BCUT2D eigenvalue weighted by molar-refractivity contribution is -0.150. The Labute approximate surface area is 217 Å². The van der Waals surface area contributed by atoms with Crippen LogP contribution < -0.4 is 10.6 Å². The van der Waals surface area contributed by atoms with E-state index in [1.807, 2.05) is 58.0 Å². The number of Topliss-reactive ketones (excluding diaryl/α,β-unsaturated/α-hetero) is 1. The molecule has 1 fully saturated rings. The molecule has 37 heavy (non-hydrogen) atoms. The van der Waals surface area contributed by atoms with Gasteiger partial charge in [-0.05, 0) is 75.6 Å². The molecule has 0 spiro atoms. The fraction of sp³-hybridized carbons (Fsp3) is 0.333. The van der Waals surface area contributed by atoms with Crippen molar-refractivity contribution in [3.8, 4) is 0 Å². The number of rotatable bonds is 5. The lowest BCUT2D eigenvalue weighted by Gasteiger charge is -2.44. The smallest absolute Gasteiger partial charge is 0.235 e. The van der Waals surface area contributed by atoms with Gasteiger partial charge in [0.1, 0.15) is 11.7 Å². The van der Waals surface area contributed by atoms with Gasteiger partial charge in [0, 0.05) is 36.1 Å². The summed E-state index contributed by atoms with van der Waals surface area (Å²) in [4.78, 5) is 44.9. The van der Waals surface area contributed by atoms with Crippen molar-refractivity contribution in [2.45, 2.75) is 52.6 Å². The third kappa shape index (κ3) is 5.47. The number of aryl methyl sites for hydroxylation is 4. The quantitative estimate of drug-likeness (QED) is 0.444. The highest BCUT2D eigenvalue weighted by Gasteiger charge is 2.56. The van der Waals surface area contributed by atoms with Crippen LogP contribution in [0.1, 0.15) is 47.1 Å². The normalized spacial score (nSPS) is 23.4. The van der Waals surface area contributed by atoms with Gasteiger partial charge in [0.05, 0.1) is 11.5 Å². The number of carbonyl (C=O) groups excluding carboxylic acids is 3. The molecule has 0 bridgehead atoms. The topological polar surface area (TPSA) is 108 Å². The lowest BCUT2D eigenvalue weighted by Crippen LogP contribution is -2.56. The zero-order valence-electron chi connectivity index (χ0n) is 21.8. The molecule has 4 rings (SSSR count). The second kappa shape index (κ2) is 10.3. The summed E-state index contributed by atoms with van der Waals surface area (Å²) in [6.07, 6.45) is 2.80. The zero-order chi connectivity index (χ0) is 26.9. The van der Waals surface area contributed by atoms with Gasteiger partial charge in [0.2, 0.25) is 11.8 Å². The Morgan fingerprint density at radius 1 is 0.865 bits per heavy atom. The summed E-state index contributed by atoms with van der Waals surface area (Å²) in [5.41, 5.74) is 4.01. The van der Waals surface area contributed by atoms with Crippen LogP contribution in [-0.2, 0) is 14.4 Å². The molecular weight excluding hydrogens is 466 g/mol. The van der Waals surface area contributed by atoms with Crippen molar-refractivity contribution < 1.29 is 19.5 Å². The van der Waals surface area contributed by atoms with Crippen LogP contribution in [0.3, 0.4) is 0 Å². The van der Waals surface area contributed by atoms with Crippen LogP contribution in [0.5, 0.6) is 0 Å². The predicted molar refractivity (Wildman–Crippen MR) is 143 cm³/mol. The Hall–Kier alpha value is -3.84. The van der Waals surface area contributed by atoms with Gasteiger partial charge in [-0.25, -0.2) is 0 Å². The second-order valence-corrected chi connectivity index (χ2v) is 10.4. The van der Waals surface area contributed by atoms with Crippen molar-refractivity contribution in [2.75, 3.05) is 10.6 Å². The number of nitrogens with zero attached hydrogens (tertiary/aromatic N) is 1. The number of hydrogen-bond acceptors (Lipinski definition) is 5. The molecule has 0 saturated heterocycles. The molecule has 0 radical (unpaired) electrons.